The van der Waals surface area contributed by atoms with E-state index in [1.54, 1.807) is 6.07 Å². The third-order valence-electron chi connectivity index (χ3n) is 1.73. The molecule has 4 N–H and O–H groups in total. The van der Waals surface area contributed by atoms with Crippen LogP contribution in [-0.4, -0.2) is 26.3 Å². The second kappa shape index (κ2) is 5.21. The largest absolute Gasteiger partial charge is 0.460 e. The van der Waals surface area contributed by atoms with E-state index in [1.165, 1.54) is 19.2 Å². The predicted octanol–water partition coefficient (Wildman–Crippen LogP) is 0.654. The van der Waals surface area contributed by atoms with Crippen molar-refractivity contribution in [2.45, 2.75) is 0 Å². The molecule has 0 fully saturated rings. The molecule has 82 valence electrons. The van der Waals surface area contributed by atoms with E-state index in [9.17, 15) is 4.79 Å². The topological polar surface area (TPSA) is 87.6 Å². The molecule has 0 aliphatic carbocycles. The number of nitrogens with two attached hydrogens (primary N) is 2. The van der Waals surface area contributed by atoms with Gasteiger partial charge in [-0.25, -0.2) is 4.79 Å². The first-order valence-corrected chi connectivity index (χ1v) is 4.45. The maximum absolute atomic E-state index is 11.4. The van der Waals surface area contributed by atoms with Crippen LogP contribution in [-0.2, 0) is 9.47 Å². The zero-order valence-corrected chi connectivity index (χ0v) is 8.53. The summed E-state index contributed by atoms with van der Waals surface area (Å²) in [6, 6.07) is 4.61. The van der Waals surface area contributed by atoms with Crippen molar-refractivity contribution in [3.8, 4) is 0 Å². The summed E-state index contributed by atoms with van der Waals surface area (Å²) in [5.41, 5.74) is 12.3. The van der Waals surface area contributed by atoms with Gasteiger partial charge in [0.15, 0.2) is 0 Å². The van der Waals surface area contributed by atoms with Crippen molar-refractivity contribution >= 4 is 17.3 Å². The van der Waals surface area contributed by atoms with E-state index in [0.29, 0.717) is 23.5 Å². The van der Waals surface area contributed by atoms with Gasteiger partial charge in [-0.05, 0) is 18.2 Å². The summed E-state index contributed by atoms with van der Waals surface area (Å²) in [6.07, 6.45) is 0. The fourth-order valence-corrected chi connectivity index (χ4v) is 1.10. The number of benzene rings is 1. The number of anilines is 2. The molecular formula is C10H14N2O3. The Kier molecular flexibility index (Phi) is 3.93. The van der Waals surface area contributed by atoms with Crippen LogP contribution in [0.1, 0.15) is 10.4 Å². The number of nitrogen functional groups attached to an aromatic ring is 2. The first-order chi connectivity index (χ1) is 7.13. The van der Waals surface area contributed by atoms with Gasteiger partial charge in [-0.15, -0.1) is 0 Å². The number of carbonyl (C=O) groups excluding carboxylic acids is 1. The SMILES string of the molecule is COCCOC(=O)c1cc(N)cc(N)c1. The Labute approximate surface area is 88.0 Å². The molecule has 0 bridgehead atoms. The molecule has 0 radical (unpaired) electrons. The van der Waals surface area contributed by atoms with E-state index in [4.69, 9.17) is 20.9 Å². The summed E-state index contributed by atoms with van der Waals surface area (Å²) < 4.78 is 9.65. The van der Waals surface area contributed by atoms with E-state index in [-0.39, 0.29) is 6.61 Å². The highest BCUT2D eigenvalue weighted by Crippen LogP contribution is 2.14. The van der Waals surface area contributed by atoms with Crippen molar-refractivity contribution in [1.82, 2.24) is 0 Å². The molecule has 0 aliphatic rings. The minimum atomic E-state index is -0.453. The van der Waals surface area contributed by atoms with Crippen LogP contribution < -0.4 is 11.5 Å². The van der Waals surface area contributed by atoms with Crippen LogP contribution >= 0.6 is 0 Å². The molecule has 0 unspecified atom stereocenters. The van der Waals surface area contributed by atoms with E-state index >= 15 is 0 Å². The Morgan fingerprint density at radius 2 is 1.80 bits per heavy atom. The minimum absolute atomic E-state index is 0.212. The first-order valence-electron chi connectivity index (χ1n) is 4.45. The van der Waals surface area contributed by atoms with Crippen molar-refractivity contribution in [3.05, 3.63) is 23.8 Å². The van der Waals surface area contributed by atoms with Crippen LogP contribution in [0, 0.1) is 0 Å². The Balaban J connectivity index is 2.65. The first kappa shape index (κ1) is 11.3. The summed E-state index contributed by atoms with van der Waals surface area (Å²) in [7, 11) is 1.53. The Morgan fingerprint density at radius 3 is 2.33 bits per heavy atom. The van der Waals surface area contributed by atoms with E-state index in [0.717, 1.165) is 0 Å². The quantitative estimate of drug-likeness (QED) is 0.433. The van der Waals surface area contributed by atoms with Crippen molar-refractivity contribution in [1.29, 1.82) is 0 Å². The lowest BCUT2D eigenvalue weighted by atomic mass is 10.2. The highest BCUT2D eigenvalue weighted by molar-refractivity contribution is 5.91. The summed E-state index contributed by atoms with van der Waals surface area (Å²) in [5, 5.41) is 0. The molecule has 0 aromatic heterocycles. The molecule has 0 amide bonds. The van der Waals surface area contributed by atoms with Gasteiger partial charge in [-0.1, -0.05) is 0 Å². The van der Waals surface area contributed by atoms with Crippen molar-refractivity contribution in [3.63, 3.8) is 0 Å². The fraction of sp³-hybridized carbons (Fsp3) is 0.300. The van der Waals surface area contributed by atoms with Gasteiger partial charge >= 0.3 is 5.97 Å². The lowest BCUT2D eigenvalue weighted by Gasteiger charge is -2.05. The van der Waals surface area contributed by atoms with Gasteiger partial charge in [0.05, 0.1) is 12.2 Å². The maximum Gasteiger partial charge on any atom is 0.338 e. The Bertz CT molecular complexity index is 332. The van der Waals surface area contributed by atoms with Gasteiger partial charge in [0.25, 0.3) is 0 Å². The number of hydrogen-bond acceptors (Lipinski definition) is 5. The van der Waals surface area contributed by atoms with Crippen LogP contribution in [0.5, 0.6) is 0 Å². The maximum atomic E-state index is 11.4. The van der Waals surface area contributed by atoms with Crippen molar-refractivity contribution in [2.24, 2.45) is 0 Å². The number of methoxy groups -OCH3 is 1. The van der Waals surface area contributed by atoms with E-state index in [2.05, 4.69) is 0 Å². The van der Waals surface area contributed by atoms with Crippen LogP contribution in [0.4, 0.5) is 11.4 Å². The Hall–Kier alpha value is -1.75. The minimum Gasteiger partial charge on any atom is -0.460 e. The van der Waals surface area contributed by atoms with Gasteiger partial charge in [0.2, 0.25) is 0 Å². The standard InChI is InChI=1S/C10H14N2O3/c1-14-2-3-15-10(13)7-4-8(11)6-9(12)5-7/h4-6H,2-3,11-12H2,1H3. The molecule has 0 saturated carbocycles. The van der Waals surface area contributed by atoms with Gasteiger partial charge in [-0.3, -0.25) is 0 Å². The molecular weight excluding hydrogens is 196 g/mol. The van der Waals surface area contributed by atoms with E-state index in [1.807, 2.05) is 0 Å². The molecule has 5 heteroatoms. The average molecular weight is 210 g/mol. The molecule has 5 nitrogen and oxygen atoms in total. The second-order valence-electron chi connectivity index (χ2n) is 3.02. The molecule has 0 saturated heterocycles. The third-order valence-corrected chi connectivity index (χ3v) is 1.73. The molecule has 1 aromatic rings. The number of ether oxygens (including phenoxy) is 2. The van der Waals surface area contributed by atoms with Gasteiger partial charge < -0.3 is 20.9 Å². The smallest absolute Gasteiger partial charge is 0.338 e. The summed E-state index contributed by atoms with van der Waals surface area (Å²) in [5.74, 6) is -0.453. The lowest BCUT2D eigenvalue weighted by Crippen LogP contribution is -2.10. The van der Waals surface area contributed by atoms with Crippen molar-refractivity contribution in [2.75, 3.05) is 31.8 Å². The van der Waals surface area contributed by atoms with Crippen LogP contribution in [0.25, 0.3) is 0 Å². The van der Waals surface area contributed by atoms with Crippen LogP contribution in [0.2, 0.25) is 0 Å². The van der Waals surface area contributed by atoms with E-state index < -0.39 is 5.97 Å². The highest BCUT2D eigenvalue weighted by atomic mass is 16.6. The number of rotatable bonds is 4. The highest BCUT2D eigenvalue weighted by Gasteiger charge is 2.08. The zero-order chi connectivity index (χ0) is 11.3. The second-order valence-corrected chi connectivity index (χ2v) is 3.02. The monoisotopic (exact) mass is 210 g/mol. The Morgan fingerprint density at radius 1 is 1.20 bits per heavy atom. The third kappa shape index (κ3) is 3.47. The normalized spacial score (nSPS) is 9.93. The fourth-order valence-electron chi connectivity index (χ4n) is 1.10. The van der Waals surface area contributed by atoms with Crippen molar-refractivity contribution < 1.29 is 14.3 Å². The summed E-state index contributed by atoms with van der Waals surface area (Å²) in [6.45, 7) is 0.577. The molecule has 1 aromatic carbocycles. The molecule has 0 aliphatic heterocycles. The molecule has 0 atom stereocenters. The van der Waals surface area contributed by atoms with Crippen LogP contribution in [0.3, 0.4) is 0 Å². The molecule has 15 heavy (non-hydrogen) atoms. The predicted molar refractivity (Wildman–Crippen MR) is 57.4 cm³/mol. The average Bonchev–Trinajstić information content (AvgIpc) is 2.16. The number of carbonyl (C=O) groups is 1. The molecule has 1 rings (SSSR count). The lowest BCUT2D eigenvalue weighted by molar-refractivity contribution is 0.0388. The number of esters is 1. The molecule has 0 heterocycles. The van der Waals surface area contributed by atoms with Crippen LogP contribution in [0.15, 0.2) is 18.2 Å². The van der Waals surface area contributed by atoms with Gasteiger partial charge in [-0.2, -0.15) is 0 Å². The number of hydrogen-bond donors (Lipinski definition) is 2. The van der Waals surface area contributed by atoms with Gasteiger partial charge in [0, 0.05) is 18.5 Å². The molecule has 0 spiro atoms. The summed E-state index contributed by atoms with van der Waals surface area (Å²) >= 11 is 0. The summed E-state index contributed by atoms with van der Waals surface area (Å²) in [4.78, 5) is 11.4. The van der Waals surface area contributed by atoms with Gasteiger partial charge in [0.1, 0.15) is 6.61 Å². The zero-order valence-electron chi connectivity index (χ0n) is 8.53.